The first kappa shape index (κ1) is 10.9. The van der Waals surface area contributed by atoms with Gasteiger partial charge in [0.2, 0.25) is 0 Å². The minimum absolute atomic E-state index is 0.285. The van der Waals surface area contributed by atoms with Crippen molar-refractivity contribution in [2.75, 3.05) is 38.2 Å². The molecule has 1 aliphatic heterocycles. The van der Waals surface area contributed by atoms with Crippen molar-refractivity contribution in [1.82, 2.24) is 10.3 Å². The van der Waals surface area contributed by atoms with Crippen LogP contribution in [0.15, 0.2) is 5.38 Å². The fourth-order valence-electron chi connectivity index (χ4n) is 1.64. The van der Waals surface area contributed by atoms with Crippen molar-refractivity contribution in [2.24, 2.45) is 0 Å². The molecule has 1 aromatic rings. The maximum absolute atomic E-state index is 5.65. The third kappa shape index (κ3) is 2.90. The minimum Gasteiger partial charge on any atom is -0.374 e. The van der Waals surface area contributed by atoms with Crippen LogP contribution in [0.4, 0.5) is 5.13 Å². The van der Waals surface area contributed by atoms with Crippen LogP contribution in [0.2, 0.25) is 0 Å². The third-order valence-corrected chi connectivity index (χ3v) is 3.49. The van der Waals surface area contributed by atoms with Gasteiger partial charge in [-0.15, -0.1) is 11.3 Å². The number of nitrogens with zero attached hydrogens (tertiary/aromatic N) is 2. The highest BCUT2D eigenvalue weighted by Gasteiger charge is 2.16. The molecule has 0 aromatic carbocycles. The lowest BCUT2D eigenvalue weighted by atomic mass is 10.3. The van der Waals surface area contributed by atoms with Gasteiger partial charge < -0.3 is 15.0 Å². The highest BCUT2D eigenvalue weighted by atomic mass is 32.1. The Hall–Kier alpha value is -0.650. The topological polar surface area (TPSA) is 37.4 Å². The molecule has 1 fully saturated rings. The summed E-state index contributed by atoms with van der Waals surface area (Å²) in [5.74, 6) is 0. The van der Waals surface area contributed by atoms with E-state index in [0.29, 0.717) is 0 Å². The first-order valence-electron chi connectivity index (χ1n) is 5.21. The monoisotopic (exact) mass is 227 g/mol. The van der Waals surface area contributed by atoms with Crippen LogP contribution in [0.25, 0.3) is 0 Å². The number of aromatic nitrogens is 1. The van der Waals surface area contributed by atoms with E-state index < -0.39 is 0 Å². The maximum atomic E-state index is 5.65. The molecule has 1 saturated heterocycles. The number of thiazole rings is 1. The van der Waals surface area contributed by atoms with Crippen molar-refractivity contribution in [3.05, 3.63) is 11.1 Å². The molecule has 0 spiro atoms. The van der Waals surface area contributed by atoms with Crippen LogP contribution in [0.1, 0.15) is 5.69 Å². The van der Waals surface area contributed by atoms with E-state index in [0.717, 1.165) is 37.1 Å². The average Bonchev–Trinajstić information content (AvgIpc) is 2.66. The fourth-order valence-corrected chi connectivity index (χ4v) is 2.42. The summed E-state index contributed by atoms with van der Waals surface area (Å²) in [6.07, 6.45) is 0.285. The predicted molar refractivity (Wildman–Crippen MR) is 62.7 cm³/mol. The van der Waals surface area contributed by atoms with Crippen LogP contribution in [0.5, 0.6) is 0 Å². The number of hydrogen-bond acceptors (Lipinski definition) is 5. The molecule has 0 bridgehead atoms. The summed E-state index contributed by atoms with van der Waals surface area (Å²) in [6, 6.07) is 0. The van der Waals surface area contributed by atoms with Crippen LogP contribution in [0.3, 0.4) is 0 Å². The number of anilines is 1. The van der Waals surface area contributed by atoms with Gasteiger partial charge in [0.05, 0.1) is 18.4 Å². The van der Waals surface area contributed by atoms with Crippen molar-refractivity contribution in [3.8, 4) is 0 Å². The van der Waals surface area contributed by atoms with Gasteiger partial charge in [-0.05, 0) is 6.92 Å². The first-order chi connectivity index (χ1) is 7.25. The standard InChI is InChI=1S/C10H17N3OS/c1-8-7-15-10(12-8)13(2)6-9-5-11-3-4-14-9/h7,9,11H,3-6H2,1-2H3. The molecule has 15 heavy (non-hydrogen) atoms. The van der Waals surface area contributed by atoms with Gasteiger partial charge in [0.15, 0.2) is 5.13 Å². The summed E-state index contributed by atoms with van der Waals surface area (Å²) in [6.45, 7) is 5.65. The number of rotatable bonds is 3. The van der Waals surface area contributed by atoms with Gasteiger partial charge in [-0.3, -0.25) is 0 Å². The SMILES string of the molecule is Cc1csc(N(C)CC2CNCCO2)n1. The number of likely N-dealkylation sites (N-methyl/N-ethyl adjacent to an activating group) is 1. The molecular weight excluding hydrogens is 210 g/mol. The zero-order chi connectivity index (χ0) is 10.7. The lowest BCUT2D eigenvalue weighted by molar-refractivity contribution is 0.0340. The minimum atomic E-state index is 0.285. The first-order valence-corrected chi connectivity index (χ1v) is 6.09. The molecule has 1 aliphatic rings. The molecule has 0 aliphatic carbocycles. The molecular formula is C10H17N3OS. The van der Waals surface area contributed by atoms with Crippen LogP contribution >= 0.6 is 11.3 Å². The molecule has 4 nitrogen and oxygen atoms in total. The predicted octanol–water partition coefficient (Wildman–Crippen LogP) is 0.876. The summed E-state index contributed by atoms with van der Waals surface area (Å²) >= 11 is 1.69. The maximum Gasteiger partial charge on any atom is 0.185 e. The smallest absolute Gasteiger partial charge is 0.185 e. The lowest BCUT2D eigenvalue weighted by Crippen LogP contribution is -2.44. The normalized spacial score (nSPS) is 21.6. The van der Waals surface area contributed by atoms with Gasteiger partial charge in [-0.25, -0.2) is 4.98 Å². The molecule has 2 rings (SSSR count). The molecule has 84 valence electrons. The number of hydrogen-bond donors (Lipinski definition) is 1. The Bertz CT molecular complexity index is 309. The highest BCUT2D eigenvalue weighted by molar-refractivity contribution is 7.13. The number of nitrogens with one attached hydrogen (secondary N) is 1. The van der Waals surface area contributed by atoms with Crippen molar-refractivity contribution < 1.29 is 4.74 Å². The zero-order valence-electron chi connectivity index (χ0n) is 9.19. The van der Waals surface area contributed by atoms with Crippen molar-refractivity contribution in [2.45, 2.75) is 13.0 Å². The van der Waals surface area contributed by atoms with Gasteiger partial charge in [-0.1, -0.05) is 0 Å². The summed E-state index contributed by atoms with van der Waals surface area (Å²) in [5, 5.41) is 6.47. The quantitative estimate of drug-likeness (QED) is 0.831. The van der Waals surface area contributed by atoms with E-state index >= 15 is 0 Å². The Morgan fingerprint density at radius 2 is 2.60 bits per heavy atom. The molecule has 0 saturated carbocycles. The van der Waals surface area contributed by atoms with Crippen LogP contribution in [-0.4, -0.2) is 44.4 Å². The zero-order valence-corrected chi connectivity index (χ0v) is 10.0. The second-order valence-corrected chi connectivity index (χ2v) is 4.69. The van der Waals surface area contributed by atoms with E-state index in [2.05, 4.69) is 27.6 Å². The molecule has 1 atom stereocenters. The molecule has 0 radical (unpaired) electrons. The second kappa shape index (κ2) is 4.92. The van der Waals surface area contributed by atoms with E-state index in [9.17, 15) is 0 Å². The molecule has 1 N–H and O–H groups in total. The molecule has 0 amide bonds. The Balaban J connectivity index is 1.88. The van der Waals surface area contributed by atoms with Crippen LogP contribution in [-0.2, 0) is 4.74 Å². The van der Waals surface area contributed by atoms with Crippen LogP contribution < -0.4 is 10.2 Å². The Morgan fingerprint density at radius 1 is 1.73 bits per heavy atom. The Morgan fingerprint density at radius 3 is 3.20 bits per heavy atom. The third-order valence-electron chi connectivity index (χ3n) is 2.42. The lowest BCUT2D eigenvalue weighted by Gasteiger charge is -2.27. The Kier molecular flexibility index (Phi) is 3.56. The number of aryl methyl sites for hydroxylation is 1. The van der Waals surface area contributed by atoms with Crippen LogP contribution in [0, 0.1) is 6.92 Å². The molecule has 1 unspecified atom stereocenters. The van der Waals surface area contributed by atoms with Crippen molar-refractivity contribution in [3.63, 3.8) is 0 Å². The van der Waals surface area contributed by atoms with Crippen molar-refractivity contribution in [1.29, 1.82) is 0 Å². The molecule has 5 heteroatoms. The van der Waals surface area contributed by atoms with E-state index in [1.807, 2.05) is 6.92 Å². The van der Waals surface area contributed by atoms with E-state index in [1.54, 1.807) is 11.3 Å². The van der Waals surface area contributed by atoms with Gasteiger partial charge in [0, 0.05) is 32.1 Å². The summed E-state index contributed by atoms with van der Waals surface area (Å²) in [5.41, 5.74) is 1.09. The van der Waals surface area contributed by atoms with E-state index in [1.165, 1.54) is 0 Å². The fraction of sp³-hybridized carbons (Fsp3) is 0.700. The Labute approximate surface area is 94.3 Å². The van der Waals surface area contributed by atoms with Gasteiger partial charge in [0.1, 0.15) is 0 Å². The summed E-state index contributed by atoms with van der Waals surface area (Å²) in [4.78, 5) is 6.61. The highest BCUT2D eigenvalue weighted by Crippen LogP contribution is 2.19. The largest absolute Gasteiger partial charge is 0.374 e. The van der Waals surface area contributed by atoms with Crippen molar-refractivity contribution >= 4 is 16.5 Å². The van der Waals surface area contributed by atoms with E-state index in [4.69, 9.17) is 4.74 Å². The molecule has 2 heterocycles. The average molecular weight is 227 g/mol. The summed E-state index contributed by atoms with van der Waals surface area (Å²) < 4.78 is 5.65. The summed E-state index contributed by atoms with van der Waals surface area (Å²) in [7, 11) is 2.07. The van der Waals surface area contributed by atoms with Gasteiger partial charge >= 0.3 is 0 Å². The number of morpholine rings is 1. The molecule has 1 aromatic heterocycles. The second-order valence-electron chi connectivity index (χ2n) is 3.85. The number of ether oxygens (including phenoxy) is 1. The van der Waals surface area contributed by atoms with Gasteiger partial charge in [-0.2, -0.15) is 0 Å². The van der Waals surface area contributed by atoms with E-state index in [-0.39, 0.29) is 6.10 Å². The van der Waals surface area contributed by atoms with Gasteiger partial charge in [0.25, 0.3) is 0 Å².